The molecule has 1 atom stereocenters. The smallest absolute Gasteiger partial charge is 0.325 e. The fourth-order valence-corrected chi connectivity index (χ4v) is 4.37. The quantitative estimate of drug-likeness (QED) is 0.809. The van der Waals surface area contributed by atoms with Gasteiger partial charge in [0.1, 0.15) is 12.1 Å². The van der Waals surface area contributed by atoms with Gasteiger partial charge in [-0.15, -0.1) is 0 Å². The van der Waals surface area contributed by atoms with Crippen molar-refractivity contribution in [1.82, 2.24) is 15.1 Å². The molecule has 27 heavy (non-hydrogen) atoms. The van der Waals surface area contributed by atoms with Gasteiger partial charge in [0, 0.05) is 13.1 Å². The van der Waals surface area contributed by atoms with Crippen LogP contribution in [-0.4, -0.2) is 52.8 Å². The van der Waals surface area contributed by atoms with Crippen LogP contribution in [0, 0.1) is 11.8 Å². The zero-order chi connectivity index (χ0) is 19.0. The first kappa shape index (κ1) is 18.0. The highest BCUT2D eigenvalue weighted by Gasteiger charge is 2.56. The molecule has 0 aromatic heterocycles. The summed E-state index contributed by atoms with van der Waals surface area (Å²) in [6, 6.07) is 10.00. The third-order valence-corrected chi connectivity index (χ3v) is 6.32. The van der Waals surface area contributed by atoms with Gasteiger partial charge in [-0.05, 0) is 56.4 Å². The Kier molecular flexibility index (Phi) is 4.66. The molecule has 1 saturated carbocycles. The molecular weight excluding hydrogens is 342 g/mol. The molecule has 0 spiro atoms. The number of imide groups is 1. The highest BCUT2D eigenvalue weighted by molar-refractivity contribution is 6.09. The average molecular weight is 369 g/mol. The van der Waals surface area contributed by atoms with Crippen molar-refractivity contribution in [1.29, 1.82) is 0 Å². The topological polar surface area (TPSA) is 69.7 Å². The number of carbonyl (C=O) groups is 3. The zero-order valence-corrected chi connectivity index (χ0v) is 15.8. The maximum atomic E-state index is 12.7. The largest absolute Gasteiger partial charge is 0.341 e. The lowest BCUT2D eigenvalue weighted by Crippen LogP contribution is -2.48. The number of hydrogen-bond acceptors (Lipinski definition) is 3. The lowest BCUT2D eigenvalue weighted by atomic mass is 9.90. The van der Waals surface area contributed by atoms with E-state index in [2.05, 4.69) is 29.6 Å². The van der Waals surface area contributed by atoms with E-state index < -0.39 is 11.6 Å². The van der Waals surface area contributed by atoms with Crippen LogP contribution in [0.3, 0.4) is 0 Å². The van der Waals surface area contributed by atoms with Crippen LogP contribution in [0.2, 0.25) is 0 Å². The van der Waals surface area contributed by atoms with Crippen LogP contribution in [0.4, 0.5) is 4.79 Å². The Balaban J connectivity index is 1.30. The van der Waals surface area contributed by atoms with E-state index in [1.807, 2.05) is 6.07 Å². The molecule has 1 aliphatic carbocycles. The van der Waals surface area contributed by atoms with Gasteiger partial charge in [-0.3, -0.25) is 14.5 Å². The van der Waals surface area contributed by atoms with Crippen molar-refractivity contribution in [2.45, 2.75) is 44.6 Å². The Morgan fingerprint density at radius 3 is 2.41 bits per heavy atom. The monoisotopic (exact) mass is 369 g/mol. The third kappa shape index (κ3) is 3.57. The second kappa shape index (κ2) is 6.98. The number of carbonyl (C=O) groups excluding carboxylic acids is 3. The van der Waals surface area contributed by atoms with E-state index >= 15 is 0 Å². The predicted molar refractivity (Wildman–Crippen MR) is 101 cm³/mol. The average Bonchev–Trinajstić information content (AvgIpc) is 3.49. The number of amides is 4. The van der Waals surface area contributed by atoms with Crippen molar-refractivity contribution < 1.29 is 14.4 Å². The van der Waals surface area contributed by atoms with Gasteiger partial charge in [-0.25, -0.2) is 4.79 Å². The molecule has 6 heteroatoms. The van der Waals surface area contributed by atoms with Crippen molar-refractivity contribution in [3.63, 3.8) is 0 Å². The molecule has 1 aromatic rings. The lowest BCUT2D eigenvalue weighted by Gasteiger charge is -2.33. The van der Waals surface area contributed by atoms with Gasteiger partial charge in [0.05, 0.1) is 0 Å². The minimum Gasteiger partial charge on any atom is -0.341 e. The summed E-state index contributed by atoms with van der Waals surface area (Å²) in [5.41, 5.74) is 0.515. The molecule has 2 saturated heterocycles. The highest BCUT2D eigenvalue weighted by Crippen LogP contribution is 2.42. The van der Waals surface area contributed by atoms with E-state index in [1.54, 1.807) is 11.8 Å². The predicted octanol–water partition coefficient (Wildman–Crippen LogP) is 2.19. The molecule has 6 nitrogen and oxygen atoms in total. The molecule has 1 aromatic carbocycles. The van der Waals surface area contributed by atoms with Crippen LogP contribution in [0.15, 0.2) is 30.3 Å². The van der Waals surface area contributed by atoms with E-state index in [0.717, 1.165) is 37.0 Å². The maximum absolute atomic E-state index is 12.7. The summed E-state index contributed by atoms with van der Waals surface area (Å²) in [7, 11) is 0. The minimum atomic E-state index is -0.819. The molecule has 3 aliphatic rings. The van der Waals surface area contributed by atoms with Gasteiger partial charge in [-0.2, -0.15) is 0 Å². The number of hydrogen-bond donors (Lipinski definition) is 1. The fraction of sp³-hybridized carbons (Fsp3) is 0.571. The maximum Gasteiger partial charge on any atom is 0.325 e. The Morgan fingerprint density at radius 2 is 1.78 bits per heavy atom. The van der Waals surface area contributed by atoms with Gasteiger partial charge in [-0.1, -0.05) is 30.3 Å². The highest BCUT2D eigenvalue weighted by atomic mass is 16.2. The number of urea groups is 1. The summed E-state index contributed by atoms with van der Waals surface area (Å²) in [6.45, 7) is 3.03. The van der Waals surface area contributed by atoms with Crippen molar-refractivity contribution in [2.24, 2.45) is 11.8 Å². The Labute approximate surface area is 159 Å². The molecule has 2 aliphatic heterocycles. The summed E-state index contributed by atoms with van der Waals surface area (Å²) in [6.07, 6.45) is 4.87. The molecular formula is C21H27N3O3. The lowest BCUT2D eigenvalue weighted by molar-refractivity contribution is -0.139. The molecule has 4 rings (SSSR count). The van der Waals surface area contributed by atoms with Gasteiger partial charge >= 0.3 is 6.03 Å². The third-order valence-electron chi connectivity index (χ3n) is 6.32. The van der Waals surface area contributed by atoms with Gasteiger partial charge in [0.25, 0.3) is 5.91 Å². The van der Waals surface area contributed by atoms with Crippen LogP contribution in [-0.2, 0) is 16.0 Å². The molecule has 2 heterocycles. The van der Waals surface area contributed by atoms with E-state index in [-0.39, 0.29) is 24.3 Å². The molecule has 3 fully saturated rings. The van der Waals surface area contributed by atoms with Crippen molar-refractivity contribution in [3.05, 3.63) is 35.9 Å². The molecule has 4 amide bonds. The molecule has 0 bridgehead atoms. The molecule has 144 valence electrons. The van der Waals surface area contributed by atoms with E-state index in [9.17, 15) is 14.4 Å². The first-order chi connectivity index (χ1) is 13.0. The number of likely N-dealkylation sites (tertiary alicyclic amines) is 1. The summed E-state index contributed by atoms with van der Waals surface area (Å²) in [5.74, 6) is 0.410. The molecule has 0 radical (unpaired) electrons. The Bertz CT molecular complexity index is 738. The van der Waals surface area contributed by atoms with Crippen LogP contribution in [0.1, 0.15) is 38.2 Å². The van der Waals surface area contributed by atoms with Crippen LogP contribution >= 0.6 is 0 Å². The number of benzene rings is 1. The SMILES string of the molecule is C[C@]1(C2CC2)NC(=O)N(CC(=O)N2CCC(Cc3ccccc3)CC2)C1=O. The first-order valence-corrected chi connectivity index (χ1v) is 9.93. The second-order valence-electron chi connectivity index (χ2n) is 8.31. The molecule has 1 N–H and O–H groups in total. The number of piperidine rings is 1. The number of nitrogens with zero attached hydrogens (tertiary/aromatic N) is 2. The number of rotatable bonds is 5. The summed E-state index contributed by atoms with van der Waals surface area (Å²) >= 11 is 0. The van der Waals surface area contributed by atoms with Gasteiger partial charge in [0.15, 0.2) is 0 Å². The van der Waals surface area contributed by atoms with Crippen molar-refractivity contribution in [2.75, 3.05) is 19.6 Å². The zero-order valence-electron chi connectivity index (χ0n) is 15.8. The van der Waals surface area contributed by atoms with Crippen LogP contribution in [0.5, 0.6) is 0 Å². The summed E-state index contributed by atoms with van der Waals surface area (Å²) < 4.78 is 0. The normalized spacial score (nSPS) is 26.4. The standard InChI is InChI=1S/C21H27N3O3/c1-21(17-7-8-17)19(26)24(20(27)22-21)14-18(25)23-11-9-16(10-12-23)13-15-5-3-2-4-6-15/h2-6,16-17H,7-14H2,1H3,(H,22,27)/t21-/m1/s1. The van der Waals surface area contributed by atoms with E-state index in [0.29, 0.717) is 19.0 Å². The summed E-state index contributed by atoms with van der Waals surface area (Å²) in [5, 5.41) is 2.80. The summed E-state index contributed by atoms with van der Waals surface area (Å²) in [4.78, 5) is 40.5. The van der Waals surface area contributed by atoms with Crippen LogP contribution < -0.4 is 5.32 Å². The second-order valence-corrected chi connectivity index (χ2v) is 8.31. The Hall–Kier alpha value is -2.37. The van der Waals surface area contributed by atoms with E-state index in [4.69, 9.17) is 0 Å². The fourth-order valence-electron chi connectivity index (χ4n) is 4.37. The first-order valence-electron chi connectivity index (χ1n) is 9.93. The molecule has 0 unspecified atom stereocenters. The number of nitrogens with one attached hydrogen (secondary N) is 1. The van der Waals surface area contributed by atoms with Crippen LogP contribution in [0.25, 0.3) is 0 Å². The van der Waals surface area contributed by atoms with Crippen molar-refractivity contribution >= 4 is 17.8 Å². The van der Waals surface area contributed by atoms with Gasteiger partial charge < -0.3 is 10.2 Å². The van der Waals surface area contributed by atoms with E-state index in [1.165, 1.54) is 5.56 Å². The van der Waals surface area contributed by atoms with Crippen molar-refractivity contribution in [3.8, 4) is 0 Å². The minimum absolute atomic E-state index is 0.128. The van der Waals surface area contributed by atoms with Gasteiger partial charge in [0.2, 0.25) is 5.91 Å². The Morgan fingerprint density at radius 1 is 1.11 bits per heavy atom.